The van der Waals surface area contributed by atoms with Crippen LogP contribution >= 0.6 is 0 Å². The van der Waals surface area contributed by atoms with Crippen LogP contribution < -0.4 is 14.8 Å². The van der Waals surface area contributed by atoms with E-state index in [2.05, 4.69) is 159 Å². The Morgan fingerprint density at radius 1 is 0.655 bits per heavy atom. The Morgan fingerprint density at radius 3 is 1.62 bits per heavy atom. The molecule has 1 N–H and O–H groups in total. The number of benzene rings is 5. The van der Waals surface area contributed by atoms with Gasteiger partial charge in [0.1, 0.15) is 10.0 Å². The van der Waals surface area contributed by atoms with Crippen LogP contribution in [0.25, 0.3) is 21.3 Å². The van der Waals surface area contributed by atoms with E-state index in [-0.39, 0.29) is 0 Å². The highest BCUT2D eigenvalue weighted by atomic mass is 32.3. The van der Waals surface area contributed by atoms with Gasteiger partial charge in [0.2, 0.25) is 11.4 Å². The summed E-state index contributed by atoms with van der Waals surface area (Å²) < 4.78 is 82.2. The summed E-state index contributed by atoms with van der Waals surface area (Å²) in [5, 5.41) is 0. The summed E-state index contributed by atoms with van der Waals surface area (Å²) in [7, 11) is -2.75. The number of para-hydroxylation sites is 1. The van der Waals surface area contributed by atoms with Crippen molar-refractivity contribution < 1.29 is 35.0 Å². The number of nitrogens with one attached hydrogen (secondary N) is 1. The third-order valence-electron chi connectivity index (χ3n) is 8.49. The fourth-order valence-electron chi connectivity index (χ4n) is 5.62. The molecule has 1 aliphatic carbocycles. The first-order valence-corrected chi connectivity index (χ1v) is 19.7. The number of halogens is 3. The monoisotopic (exact) mass is 784 g/mol. The number of anilines is 2. The molecule has 6 rings (SSSR count). The van der Waals surface area contributed by atoms with E-state index >= 15 is 0 Å². The van der Waals surface area contributed by atoms with E-state index < -0.39 is 30.5 Å². The topological polar surface area (TPSA) is 103 Å². The van der Waals surface area contributed by atoms with Crippen molar-refractivity contribution in [3.05, 3.63) is 178 Å². The minimum absolute atomic E-state index is 0.512. The number of hydrogen-bond acceptors (Lipinski definition) is 6. The van der Waals surface area contributed by atoms with Gasteiger partial charge in [0.15, 0.2) is 10.0 Å². The zero-order valence-corrected chi connectivity index (χ0v) is 32.1. The Kier molecular flexibility index (Phi) is 12.3. The summed E-state index contributed by atoms with van der Waals surface area (Å²) in [6, 6.07) is 41.1. The Balaban J connectivity index is 0.000000259. The van der Waals surface area contributed by atoms with Gasteiger partial charge in [-0.1, -0.05) is 85.5 Å². The largest absolute Gasteiger partial charge is 0.480 e. The van der Waals surface area contributed by atoms with Crippen LogP contribution in [0.1, 0.15) is 27.8 Å². The lowest BCUT2D eigenvalue weighted by molar-refractivity contribution is -0.351. The molecule has 1 aliphatic rings. The zero-order valence-electron chi connectivity index (χ0n) is 30.5. The van der Waals surface area contributed by atoms with Crippen molar-refractivity contribution in [2.45, 2.75) is 10.4 Å². The molecule has 55 heavy (non-hydrogen) atoms. The lowest BCUT2D eigenvalue weighted by Crippen LogP contribution is -2.66. The summed E-state index contributed by atoms with van der Waals surface area (Å²) in [5.41, 5.74) is 6.59. The summed E-state index contributed by atoms with van der Waals surface area (Å²) in [6.07, 6.45) is 5.83. The Bertz CT molecular complexity index is 2410. The molecule has 0 radical (unpaired) electrons. The van der Waals surface area contributed by atoms with E-state index in [9.17, 15) is 30.0 Å². The maximum atomic E-state index is 12.0. The number of hydrogen-bond donors (Lipinski definition) is 1. The van der Waals surface area contributed by atoms with E-state index in [1.165, 1.54) is 63.0 Å². The smallest absolute Gasteiger partial charge is 0.424 e. The Labute approximate surface area is 320 Å². The second-order valence-electron chi connectivity index (χ2n) is 12.7. The van der Waals surface area contributed by atoms with E-state index in [4.69, 9.17) is 0 Å². The van der Waals surface area contributed by atoms with Crippen molar-refractivity contribution in [1.82, 2.24) is 0 Å². The van der Waals surface area contributed by atoms with Gasteiger partial charge in [-0.15, -0.1) is 0 Å². The zero-order chi connectivity index (χ0) is 40.0. The second-order valence-corrected chi connectivity index (χ2v) is 16.1. The van der Waals surface area contributed by atoms with Gasteiger partial charge in [-0.2, -0.15) is 13.2 Å². The molecule has 284 valence electrons. The first-order valence-electron chi connectivity index (χ1n) is 16.8. The van der Waals surface area contributed by atoms with Crippen molar-refractivity contribution in [1.29, 1.82) is 0 Å². The standard InChI is InChI=1S/C33H31N3.C9H7F3NO4S2/c1-35(2)27-18-14-24(15-19-27)33(25-16-20-28(21-17-25)36(3)4)31-22-23-32(30-13-9-8-12-29(30)31)34-26-10-6-5-7-11-26;1-2-7-3-5-8(6-4-7)18(14,15)13-19(16,17)9(10,11)12/h5-23H,1-4H3;2-6H,1H2/q;-1/p+1. The van der Waals surface area contributed by atoms with Crippen molar-refractivity contribution in [2.75, 3.05) is 38.0 Å². The Hall–Kier alpha value is -5.76. The number of rotatable bonds is 9. The van der Waals surface area contributed by atoms with Gasteiger partial charge in [-0.25, -0.2) is 21.8 Å². The van der Waals surface area contributed by atoms with Crippen LogP contribution in [-0.4, -0.2) is 56.2 Å². The summed E-state index contributed by atoms with van der Waals surface area (Å²) in [6.45, 7) is 3.40. The minimum atomic E-state index is -6.10. The molecule has 0 spiro atoms. The molecule has 0 saturated heterocycles. The molecule has 0 aliphatic heterocycles. The van der Waals surface area contributed by atoms with Gasteiger partial charge in [-0.3, -0.25) is 0 Å². The highest BCUT2D eigenvalue weighted by molar-refractivity contribution is 8.12. The van der Waals surface area contributed by atoms with Crippen LogP contribution in [0.3, 0.4) is 0 Å². The lowest BCUT2D eigenvalue weighted by atomic mass is 9.83. The van der Waals surface area contributed by atoms with Crippen LogP contribution in [0.4, 0.5) is 30.2 Å². The summed E-state index contributed by atoms with van der Waals surface area (Å²) in [5.74, 6) is 0. The molecule has 0 bridgehead atoms. The van der Waals surface area contributed by atoms with Gasteiger partial charge < -0.3 is 13.9 Å². The molecule has 0 aromatic heterocycles. The van der Waals surface area contributed by atoms with E-state index in [0.717, 1.165) is 23.5 Å². The molecule has 0 atom stereocenters. The van der Waals surface area contributed by atoms with Gasteiger partial charge in [0, 0.05) is 62.7 Å². The molecule has 5 aromatic rings. The van der Waals surface area contributed by atoms with Crippen LogP contribution in [0.5, 0.6) is 0 Å². The maximum Gasteiger partial charge on any atom is 0.480 e. The first-order chi connectivity index (χ1) is 26.0. The number of sulfonamides is 2. The van der Waals surface area contributed by atoms with E-state index in [1.807, 2.05) is 10.2 Å². The van der Waals surface area contributed by atoms with Crippen LogP contribution in [0.15, 0.2) is 151 Å². The number of fused-ring (bicyclic) bond motifs is 1. The highest BCUT2D eigenvalue weighted by Crippen LogP contribution is 2.38. The fourth-order valence-corrected chi connectivity index (χ4v) is 7.82. The van der Waals surface area contributed by atoms with Crippen LogP contribution in [0.2, 0.25) is 0 Å². The fraction of sp³-hybridized carbons (Fsp3) is 0.119. The molecule has 0 amide bonds. The maximum absolute atomic E-state index is 12.0. The predicted molar refractivity (Wildman–Crippen MR) is 216 cm³/mol. The van der Waals surface area contributed by atoms with Crippen LogP contribution in [0, 0.1) is 0 Å². The third kappa shape index (κ3) is 9.68. The quantitative estimate of drug-likeness (QED) is 0.164. The van der Waals surface area contributed by atoms with Gasteiger partial charge >= 0.3 is 5.51 Å². The average Bonchev–Trinajstić information content (AvgIpc) is 3.16. The van der Waals surface area contributed by atoms with E-state index in [0.29, 0.717) is 5.56 Å². The second kappa shape index (κ2) is 16.7. The molecule has 0 heterocycles. The van der Waals surface area contributed by atoms with Gasteiger partial charge in [-0.05, 0) is 81.9 Å². The molecular formula is C42H39F3N4O4S2. The van der Waals surface area contributed by atoms with Crippen molar-refractivity contribution >= 4 is 60.0 Å². The van der Waals surface area contributed by atoms with Crippen LogP contribution in [-0.2, 0) is 20.0 Å². The summed E-state index contributed by atoms with van der Waals surface area (Å²) in [4.78, 5) is 7.22. The molecule has 0 unspecified atom stereocenters. The van der Waals surface area contributed by atoms with Crippen molar-refractivity contribution in [3.63, 3.8) is 0 Å². The minimum Gasteiger partial charge on any atom is -0.424 e. The lowest BCUT2D eigenvalue weighted by Gasteiger charge is -2.22. The molecular weight excluding hydrogens is 746 g/mol. The molecule has 0 saturated carbocycles. The van der Waals surface area contributed by atoms with Crippen molar-refractivity contribution in [3.8, 4) is 0 Å². The normalized spacial score (nSPS) is 13.4. The molecule has 0 fully saturated rings. The third-order valence-corrected chi connectivity index (χ3v) is 11.5. The predicted octanol–water partition coefficient (Wildman–Crippen LogP) is 7.79. The summed E-state index contributed by atoms with van der Waals surface area (Å²) >= 11 is 0. The molecule has 13 heteroatoms. The number of nitrogens with zero attached hydrogens (tertiary/aromatic N) is 3. The van der Waals surface area contributed by atoms with Gasteiger partial charge in [0.25, 0.3) is 0 Å². The number of allylic oxidation sites excluding steroid dienone is 3. The number of alkyl halides is 3. The molecule has 8 nitrogen and oxygen atoms in total. The molecule has 5 aromatic carbocycles. The average molecular weight is 785 g/mol. The first kappa shape index (κ1) is 40.4. The van der Waals surface area contributed by atoms with Gasteiger partial charge in [0.05, 0.1) is 5.56 Å². The van der Waals surface area contributed by atoms with E-state index in [1.54, 1.807) is 0 Å². The van der Waals surface area contributed by atoms with Crippen molar-refractivity contribution in [2.24, 2.45) is 0 Å². The Morgan fingerprint density at radius 2 is 1.15 bits per heavy atom. The SMILES string of the molecule is C=Cc1ccc(S(=O)(=O)[N-]S(=O)(=O)C(F)(F)F)cc1.CN(C)c1ccc(C(=C2C=CC(=[NH+]c3ccccc3)c3ccccc32)c2ccc(N(C)C)cc2)cc1. The highest BCUT2D eigenvalue weighted by Gasteiger charge is 2.40.